The van der Waals surface area contributed by atoms with Crippen LogP contribution in [0.5, 0.6) is 11.5 Å². The maximum absolute atomic E-state index is 12.1. The number of rotatable bonds is 9. The van der Waals surface area contributed by atoms with Crippen molar-refractivity contribution in [3.05, 3.63) is 18.0 Å². The number of esters is 1. The maximum atomic E-state index is 12.1. The second-order valence-electron chi connectivity index (χ2n) is 5.67. The largest absolute Gasteiger partial charge is 0.503 e. The van der Waals surface area contributed by atoms with E-state index in [0.29, 0.717) is 48.7 Å². The minimum Gasteiger partial charge on any atom is -0.503 e. The highest BCUT2D eigenvalue weighted by Crippen LogP contribution is 2.37. The molecule has 1 N–H and O–H groups in total. The van der Waals surface area contributed by atoms with Gasteiger partial charge in [0.2, 0.25) is 0 Å². The molecular formula is C17H24N2O5S. The smallest absolute Gasteiger partial charge is 0.334 e. The van der Waals surface area contributed by atoms with Gasteiger partial charge < -0.3 is 19.3 Å². The van der Waals surface area contributed by atoms with Crippen LogP contribution in [0, 0.1) is 0 Å². The van der Waals surface area contributed by atoms with Gasteiger partial charge in [-0.25, -0.2) is 9.78 Å². The predicted octanol–water partition coefficient (Wildman–Crippen LogP) is 2.41. The Labute approximate surface area is 151 Å². The van der Waals surface area contributed by atoms with E-state index in [1.165, 1.54) is 11.8 Å². The number of hydrogen-bond acceptors (Lipinski definition) is 8. The summed E-state index contributed by atoms with van der Waals surface area (Å²) in [5, 5.41) is 10.9. The van der Waals surface area contributed by atoms with Gasteiger partial charge >= 0.3 is 5.97 Å². The standard InChI is InChI=1S/C17H24N2O5S/c1-4-8-22-9-10-24-12-6-7-18-13(14(12)20)15-19-17(3,11-25-15)16(21)23-5-2/h6-7,20H,4-5,8-11H2,1-3H3/t17-/m1/s1. The Kier molecular flexibility index (Phi) is 7.07. The molecule has 2 heterocycles. The second kappa shape index (κ2) is 9.05. The van der Waals surface area contributed by atoms with E-state index in [9.17, 15) is 9.90 Å². The molecule has 0 aliphatic carbocycles. The molecule has 1 aliphatic rings. The average Bonchev–Trinajstić information content (AvgIpc) is 3.00. The first-order valence-corrected chi connectivity index (χ1v) is 9.29. The van der Waals surface area contributed by atoms with Gasteiger partial charge in [-0.1, -0.05) is 6.92 Å². The van der Waals surface area contributed by atoms with Crippen LogP contribution in [0.1, 0.15) is 32.9 Å². The monoisotopic (exact) mass is 368 g/mol. The summed E-state index contributed by atoms with van der Waals surface area (Å²) in [7, 11) is 0. The number of aromatic nitrogens is 1. The van der Waals surface area contributed by atoms with Crippen molar-refractivity contribution < 1.29 is 24.1 Å². The van der Waals surface area contributed by atoms with Crippen molar-refractivity contribution in [1.29, 1.82) is 0 Å². The van der Waals surface area contributed by atoms with Crippen LogP contribution >= 0.6 is 11.8 Å². The van der Waals surface area contributed by atoms with Crippen molar-refractivity contribution in [3.63, 3.8) is 0 Å². The zero-order valence-corrected chi connectivity index (χ0v) is 15.6. The first-order valence-electron chi connectivity index (χ1n) is 8.30. The van der Waals surface area contributed by atoms with Crippen LogP contribution in [-0.2, 0) is 14.3 Å². The molecule has 1 atom stereocenters. The molecule has 0 saturated heterocycles. The maximum Gasteiger partial charge on any atom is 0.334 e. The highest BCUT2D eigenvalue weighted by molar-refractivity contribution is 8.14. The lowest BCUT2D eigenvalue weighted by molar-refractivity contribution is -0.147. The predicted molar refractivity (Wildman–Crippen MR) is 96.5 cm³/mol. The first-order chi connectivity index (χ1) is 12.0. The molecule has 2 rings (SSSR count). The lowest BCUT2D eigenvalue weighted by Gasteiger charge is -2.16. The lowest BCUT2D eigenvalue weighted by Crippen LogP contribution is -2.35. The molecule has 0 unspecified atom stereocenters. The summed E-state index contributed by atoms with van der Waals surface area (Å²) in [4.78, 5) is 20.7. The van der Waals surface area contributed by atoms with E-state index >= 15 is 0 Å². The molecule has 8 heteroatoms. The minimum atomic E-state index is -0.963. The molecule has 0 aromatic carbocycles. The summed E-state index contributed by atoms with van der Waals surface area (Å²) in [5.41, 5.74) is -0.653. The number of aromatic hydroxyl groups is 1. The van der Waals surface area contributed by atoms with Crippen LogP contribution < -0.4 is 4.74 Å². The number of carbonyl (C=O) groups is 1. The molecule has 0 amide bonds. The number of hydrogen-bond donors (Lipinski definition) is 1. The molecule has 138 valence electrons. The van der Waals surface area contributed by atoms with Gasteiger partial charge in [0, 0.05) is 24.6 Å². The van der Waals surface area contributed by atoms with Crippen molar-refractivity contribution in [1.82, 2.24) is 4.98 Å². The fourth-order valence-corrected chi connectivity index (χ4v) is 3.33. The van der Waals surface area contributed by atoms with E-state index in [1.807, 2.05) is 6.92 Å². The normalized spacial score (nSPS) is 19.6. The Hall–Kier alpha value is -1.80. The highest BCUT2D eigenvalue weighted by Gasteiger charge is 2.40. The molecular weight excluding hydrogens is 344 g/mol. The van der Waals surface area contributed by atoms with E-state index in [2.05, 4.69) is 9.98 Å². The highest BCUT2D eigenvalue weighted by atomic mass is 32.2. The Morgan fingerprint density at radius 3 is 2.88 bits per heavy atom. The van der Waals surface area contributed by atoms with Gasteiger partial charge in [-0.2, -0.15) is 0 Å². The van der Waals surface area contributed by atoms with Crippen LogP contribution in [0.25, 0.3) is 0 Å². The molecule has 0 saturated carbocycles. The Bertz CT molecular complexity index is 637. The topological polar surface area (TPSA) is 90.2 Å². The first kappa shape index (κ1) is 19.5. The third-order valence-electron chi connectivity index (χ3n) is 3.48. The number of aliphatic imine (C=N–C) groups is 1. The summed E-state index contributed by atoms with van der Waals surface area (Å²) in [6.07, 6.45) is 2.49. The quantitative estimate of drug-likeness (QED) is 0.529. The Balaban J connectivity index is 2.10. The summed E-state index contributed by atoms with van der Waals surface area (Å²) in [5.74, 6) is 0.297. The van der Waals surface area contributed by atoms with Crippen molar-refractivity contribution in [2.45, 2.75) is 32.7 Å². The third kappa shape index (κ3) is 4.85. The fourth-order valence-electron chi connectivity index (χ4n) is 2.18. The molecule has 1 aromatic rings. The van der Waals surface area contributed by atoms with Crippen LogP contribution in [-0.4, -0.2) is 58.8 Å². The lowest BCUT2D eigenvalue weighted by atomic mass is 10.1. The molecule has 25 heavy (non-hydrogen) atoms. The Morgan fingerprint density at radius 1 is 1.36 bits per heavy atom. The number of pyridine rings is 1. The molecule has 0 fully saturated rings. The third-order valence-corrected chi connectivity index (χ3v) is 4.74. The minimum absolute atomic E-state index is 0.0858. The summed E-state index contributed by atoms with van der Waals surface area (Å²) < 4.78 is 16.0. The zero-order valence-electron chi connectivity index (χ0n) is 14.8. The van der Waals surface area contributed by atoms with Crippen molar-refractivity contribution in [2.75, 3.05) is 32.2 Å². The molecule has 0 bridgehead atoms. The number of carbonyl (C=O) groups excluding carboxylic acids is 1. The fraction of sp³-hybridized carbons (Fsp3) is 0.588. The van der Waals surface area contributed by atoms with Gasteiger partial charge in [0.15, 0.2) is 17.0 Å². The molecule has 0 spiro atoms. The van der Waals surface area contributed by atoms with Gasteiger partial charge in [0.25, 0.3) is 0 Å². The summed E-state index contributed by atoms with van der Waals surface area (Å²) >= 11 is 1.36. The molecule has 1 aromatic heterocycles. The van der Waals surface area contributed by atoms with Crippen molar-refractivity contribution in [3.8, 4) is 11.5 Å². The second-order valence-corrected chi connectivity index (χ2v) is 6.63. The molecule has 1 aliphatic heterocycles. The summed E-state index contributed by atoms with van der Waals surface area (Å²) in [6, 6.07) is 1.59. The number of ether oxygens (including phenoxy) is 3. The van der Waals surface area contributed by atoms with Gasteiger partial charge in [0.1, 0.15) is 17.3 Å². The van der Waals surface area contributed by atoms with Gasteiger partial charge in [-0.15, -0.1) is 11.8 Å². The number of nitrogens with zero attached hydrogens (tertiary/aromatic N) is 2. The van der Waals surface area contributed by atoms with Crippen LogP contribution in [0.2, 0.25) is 0 Å². The van der Waals surface area contributed by atoms with E-state index in [0.717, 1.165) is 6.42 Å². The Morgan fingerprint density at radius 2 is 2.16 bits per heavy atom. The summed E-state index contributed by atoms with van der Waals surface area (Å²) in [6.45, 7) is 7.26. The average molecular weight is 368 g/mol. The van der Waals surface area contributed by atoms with E-state index in [1.54, 1.807) is 26.1 Å². The van der Waals surface area contributed by atoms with Crippen LogP contribution in [0.3, 0.4) is 0 Å². The van der Waals surface area contributed by atoms with Crippen LogP contribution in [0.15, 0.2) is 17.3 Å². The van der Waals surface area contributed by atoms with Crippen LogP contribution in [0.4, 0.5) is 0 Å². The van der Waals surface area contributed by atoms with Crippen molar-refractivity contribution in [2.24, 2.45) is 4.99 Å². The zero-order chi connectivity index (χ0) is 18.3. The van der Waals surface area contributed by atoms with Gasteiger partial charge in [-0.3, -0.25) is 4.99 Å². The van der Waals surface area contributed by atoms with E-state index in [4.69, 9.17) is 14.2 Å². The number of thioether (sulfide) groups is 1. The van der Waals surface area contributed by atoms with Gasteiger partial charge in [-0.05, 0) is 20.3 Å². The molecule has 0 radical (unpaired) electrons. The van der Waals surface area contributed by atoms with Gasteiger partial charge in [0.05, 0.1) is 13.2 Å². The van der Waals surface area contributed by atoms with Crippen molar-refractivity contribution >= 4 is 22.8 Å². The molecule has 7 nitrogen and oxygen atoms in total. The van der Waals surface area contributed by atoms with E-state index < -0.39 is 5.54 Å². The SMILES string of the molecule is CCCOCCOc1ccnc(C2=N[C@@](C)(C(=O)OCC)CS2)c1O. The van der Waals surface area contributed by atoms with E-state index in [-0.39, 0.29) is 11.7 Å².